The topological polar surface area (TPSA) is 70.1 Å². The van der Waals surface area contributed by atoms with Crippen molar-refractivity contribution in [1.82, 2.24) is 9.80 Å². The summed E-state index contributed by atoms with van der Waals surface area (Å²) < 4.78 is 5.32. The summed E-state index contributed by atoms with van der Waals surface area (Å²) in [5, 5.41) is 8.87. The highest BCUT2D eigenvalue weighted by atomic mass is 16.5. The van der Waals surface area contributed by atoms with Gasteiger partial charge in [-0.1, -0.05) is 0 Å². The van der Waals surface area contributed by atoms with E-state index in [4.69, 9.17) is 9.84 Å². The molecule has 0 aromatic carbocycles. The second-order valence-electron chi connectivity index (χ2n) is 5.51. The molecular formula is C13H22N2O4. The van der Waals surface area contributed by atoms with Crippen LogP contribution >= 0.6 is 0 Å². The maximum absolute atomic E-state index is 12.3. The molecule has 1 amide bonds. The fraction of sp³-hybridized carbons (Fsp3) is 0.846. The number of aliphatic carboxylic acids is 1. The van der Waals surface area contributed by atoms with Crippen LogP contribution in [-0.4, -0.2) is 72.2 Å². The molecule has 2 fully saturated rings. The van der Waals surface area contributed by atoms with Crippen molar-refractivity contribution < 1.29 is 19.4 Å². The Morgan fingerprint density at radius 2 is 1.74 bits per heavy atom. The molecule has 0 aromatic rings. The van der Waals surface area contributed by atoms with Gasteiger partial charge in [-0.3, -0.25) is 4.79 Å². The van der Waals surface area contributed by atoms with Gasteiger partial charge in [-0.05, 0) is 45.8 Å². The van der Waals surface area contributed by atoms with Gasteiger partial charge >= 0.3 is 5.97 Å². The van der Waals surface area contributed by atoms with Gasteiger partial charge in [0, 0.05) is 13.1 Å². The fourth-order valence-corrected chi connectivity index (χ4v) is 2.79. The summed E-state index contributed by atoms with van der Waals surface area (Å²) in [7, 11) is 3.88. The molecule has 6 nitrogen and oxygen atoms in total. The van der Waals surface area contributed by atoms with E-state index in [1.165, 1.54) is 0 Å². The van der Waals surface area contributed by atoms with Crippen LogP contribution in [0.1, 0.15) is 25.7 Å². The van der Waals surface area contributed by atoms with Crippen molar-refractivity contribution in [3.05, 3.63) is 0 Å². The van der Waals surface area contributed by atoms with Crippen molar-refractivity contribution in [1.29, 1.82) is 0 Å². The molecule has 0 aliphatic carbocycles. The normalized spacial score (nSPS) is 29.4. The highest BCUT2D eigenvalue weighted by Gasteiger charge is 2.37. The van der Waals surface area contributed by atoms with Crippen LogP contribution in [0.25, 0.3) is 0 Å². The Labute approximate surface area is 113 Å². The molecule has 2 atom stereocenters. The molecule has 108 valence electrons. The van der Waals surface area contributed by atoms with E-state index < -0.39 is 18.2 Å². The number of amides is 1. The van der Waals surface area contributed by atoms with E-state index in [0.29, 0.717) is 12.8 Å². The molecule has 2 heterocycles. The van der Waals surface area contributed by atoms with Crippen molar-refractivity contribution >= 4 is 11.9 Å². The summed E-state index contributed by atoms with van der Waals surface area (Å²) in [6, 6.07) is 0.246. The van der Waals surface area contributed by atoms with Crippen molar-refractivity contribution in [2.75, 3.05) is 27.2 Å². The fourth-order valence-electron chi connectivity index (χ4n) is 2.79. The van der Waals surface area contributed by atoms with E-state index in [9.17, 15) is 9.59 Å². The molecule has 2 saturated heterocycles. The van der Waals surface area contributed by atoms with E-state index in [1.54, 1.807) is 11.9 Å². The van der Waals surface area contributed by atoms with Gasteiger partial charge in [0.05, 0.1) is 0 Å². The van der Waals surface area contributed by atoms with Gasteiger partial charge in [0.1, 0.15) is 6.10 Å². The van der Waals surface area contributed by atoms with Gasteiger partial charge in [-0.2, -0.15) is 0 Å². The van der Waals surface area contributed by atoms with Crippen molar-refractivity contribution in [2.45, 2.75) is 43.9 Å². The van der Waals surface area contributed by atoms with E-state index in [1.807, 2.05) is 0 Å². The lowest BCUT2D eigenvalue weighted by molar-refractivity contribution is -0.155. The maximum Gasteiger partial charge on any atom is 0.332 e. The highest BCUT2D eigenvalue weighted by Crippen LogP contribution is 2.23. The largest absolute Gasteiger partial charge is 0.479 e. The van der Waals surface area contributed by atoms with Crippen LogP contribution in [0.5, 0.6) is 0 Å². The summed E-state index contributed by atoms with van der Waals surface area (Å²) in [4.78, 5) is 27.1. The lowest BCUT2D eigenvalue weighted by atomic mass is 10.0. The first-order chi connectivity index (χ1) is 8.99. The lowest BCUT2D eigenvalue weighted by Crippen LogP contribution is -2.47. The minimum Gasteiger partial charge on any atom is -0.479 e. The first-order valence-corrected chi connectivity index (χ1v) is 6.82. The number of hydrogen-bond acceptors (Lipinski definition) is 4. The van der Waals surface area contributed by atoms with Gasteiger partial charge in [-0.25, -0.2) is 4.79 Å². The molecule has 19 heavy (non-hydrogen) atoms. The standard InChI is InChI=1S/C13H22N2O4/c1-14-7-5-9(6-8-14)15(2)12(16)10-3-4-11(19-10)13(17)18/h9-11H,3-8H2,1-2H3,(H,17,18). The van der Waals surface area contributed by atoms with Gasteiger partial charge in [0.2, 0.25) is 0 Å². The van der Waals surface area contributed by atoms with Crippen molar-refractivity contribution in [3.8, 4) is 0 Å². The lowest BCUT2D eigenvalue weighted by Gasteiger charge is -2.36. The van der Waals surface area contributed by atoms with Crippen molar-refractivity contribution in [3.63, 3.8) is 0 Å². The number of nitrogens with zero attached hydrogens (tertiary/aromatic N) is 2. The molecule has 2 aliphatic rings. The third-order valence-corrected chi connectivity index (χ3v) is 4.15. The highest BCUT2D eigenvalue weighted by molar-refractivity contribution is 5.82. The Morgan fingerprint density at radius 3 is 2.26 bits per heavy atom. The van der Waals surface area contributed by atoms with Gasteiger partial charge in [0.25, 0.3) is 5.91 Å². The van der Waals surface area contributed by atoms with Gasteiger partial charge in [0.15, 0.2) is 6.10 Å². The van der Waals surface area contributed by atoms with Crippen LogP contribution in [0.3, 0.4) is 0 Å². The molecule has 1 N–H and O–H groups in total. The Bertz CT molecular complexity index is 353. The number of likely N-dealkylation sites (N-methyl/N-ethyl adjacent to an activating group) is 1. The molecule has 6 heteroatoms. The zero-order chi connectivity index (χ0) is 14.0. The number of piperidine rings is 1. The van der Waals surface area contributed by atoms with E-state index >= 15 is 0 Å². The number of carbonyl (C=O) groups is 2. The third-order valence-electron chi connectivity index (χ3n) is 4.15. The molecule has 0 radical (unpaired) electrons. The van der Waals surface area contributed by atoms with Crippen LogP contribution in [0.4, 0.5) is 0 Å². The zero-order valence-corrected chi connectivity index (χ0v) is 11.5. The number of hydrogen-bond donors (Lipinski definition) is 1. The van der Waals surface area contributed by atoms with Crippen LogP contribution in [0, 0.1) is 0 Å². The Balaban J connectivity index is 1.87. The second-order valence-corrected chi connectivity index (χ2v) is 5.51. The molecule has 2 unspecified atom stereocenters. The summed E-state index contributed by atoms with van der Waals surface area (Å²) in [6.07, 6.45) is 1.46. The predicted octanol–water partition coefficient (Wildman–Crippen LogP) is 0.171. The first-order valence-electron chi connectivity index (χ1n) is 6.82. The Kier molecular flexibility index (Phi) is 4.42. The predicted molar refractivity (Wildman–Crippen MR) is 68.8 cm³/mol. The van der Waals surface area contributed by atoms with E-state index in [-0.39, 0.29) is 11.9 Å². The Hall–Kier alpha value is -1.14. The number of carbonyl (C=O) groups excluding carboxylic acids is 1. The number of carboxylic acids is 1. The summed E-state index contributed by atoms with van der Waals surface area (Å²) in [6.45, 7) is 1.98. The Morgan fingerprint density at radius 1 is 1.16 bits per heavy atom. The van der Waals surface area contributed by atoms with Crippen LogP contribution in [0.15, 0.2) is 0 Å². The minimum absolute atomic E-state index is 0.0710. The van der Waals surface area contributed by atoms with Gasteiger partial charge in [-0.15, -0.1) is 0 Å². The molecule has 2 aliphatic heterocycles. The average Bonchev–Trinajstić information content (AvgIpc) is 2.87. The van der Waals surface area contributed by atoms with Gasteiger partial charge < -0.3 is 19.6 Å². The molecule has 2 rings (SSSR count). The first kappa shape index (κ1) is 14.3. The second kappa shape index (κ2) is 5.88. The van der Waals surface area contributed by atoms with Crippen molar-refractivity contribution in [2.24, 2.45) is 0 Å². The molecule has 0 aromatic heterocycles. The van der Waals surface area contributed by atoms with Crippen LogP contribution < -0.4 is 0 Å². The number of ether oxygens (including phenoxy) is 1. The number of carboxylic acid groups (broad SMARTS) is 1. The van der Waals surface area contributed by atoms with E-state index in [0.717, 1.165) is 25.9 Å². The SMILES string of the molecule is CN1CCC(N(C)C(=O)C2CCC(C(=O)O)O2)CC1. The van der Waals surface area contributed by atoms with Crippen LogP contribution in [-0.2, 0) is 14.3 Å². The maximum atomic E-state index is 12.3. The third kappa shape index (κ3) is 3.25. The number of likely N-dealkylation sites (tertiary alicyclic amines) is 1. The smallest absolute Gasteiger partial charge is 0.332 e. The molecule has 0 saturated carbocycles. The average molecular weight is 270 g/mol. The molecule has 0 bridgehead atoms. The summed E-state index contributed by atoms with van der Waals surface area (Å²) in [5.74, 6) is -1.05. The zero-order valence-electron chi connectivity index (χ0n) is 11.5. The van der Waals surface area contributed by atoms with E-state index in [2.05, 4.69) is 11.9 Å². The summed E-state index contributed by atoms with van der Waals surface area (Å²) >= 11 is 0. The summed E-state index contributed by atoms with van der Waals surface area (Å²) in [5.41, 5.74) is 0. The minimum atomic E-state index is -0.975. The van der Waals surface area contributed by atoms with Crippen LogP contribution in [0.2, 0.25) is 0 Å². The quantitative estimate of drug-likeness (QED) is 0.791. The molecular weight excluding hydrogens is 248 g/mol. The monoisotopic (exact) mass is 270 g/mol. The number of rotatable bonds is 3. The molecule has 0 spiro atoms.